The molecule has 1 heterocycles. The molecule has 1 aliphatic carbocycles. The monoisotopic (exact) mass is 491 g/mol. The molecule has 0 radical (unpaired) electrons. The summed E-state index contributed by atoms with van der Waals surface area (Å²) < 4.78 is 99.5. The van der Waals surface area contributed by atoms with E-state index in [2.05, 4.69) is 5.32 Å². The molecule has 186 valence electrons. The van der Waals surface area contributed by atoms with Gasteiger partial charge in [-0.3, -0.25) is 0 Å². The van der Waals surface area contributed by atoms with E-state index in [0.717, 1.165) is 18.5 Å². The zero-order valence-corrected chi connectivity index (χ0v) is 18.0. The Labute approximate surface area is 191 Å². The Balaban J connectivity index is 1.68. The highest BCUT2D eigenvalue weighted by molar-refractivity contribution is 5.35. The van der Waals surface area contributed by atoms with Crippen LogP contribution in [0.1, 0.15) is 47.1 Å². The number of rotatable bonds is 5. The summed E-state index contributed by atoms with van der Waals surface area (Å²) in [4.78, 5) is 0. The summed E-state index contributed by atoms with van der Waals surface area (Å²) >= 11 is 0. The Morgan fingerprint density at radius 1 is 0.912 bits per heavy atom. The van der Waals surface area contributed by atoms with Crippen molar-refractivity contribution in [3.05, 3.63) is 70.5 Å². The second-order valence-corrected chi connectivity index (χ2v) is 8.92. The second-order valence-electron chi connectivity index (χ2n) is 8.92. The predicted octanol–water partition coefficient (Wildman–Crippen LogP) is 5.70. The number of halogens is 7. The van der Waals surface area contributed by atoms with Crippen molar-refractivity contribution in [3.8, 4) is 0 Å². The van der Waals surface area contributed by atoms with Crippen LogP contribution in [0.2, 0.25) is 0 Å². The molecule has 2 N–H and O–H groups in total. The lowest BCUT2D eigenvalue weighted by Gasteiger charge is -2.41. The minimum absolute atomic E-state index is 0.0503. The molecule has 1 saturated carbocycles. The van der Waals surface area contributed by atoms with E-state index in [4.69, 9.17) is 4.74 Å². The Hall–Kier alpha value is -2.17. The lowest BCUT2D eigenvalue weighted by atomic mass is 9.69. The number of aliphatic hydroxyl groups excluding tert-OH is 1. The SMILES string of the molecule is OC[C@H](O[C@H]1CCC2CNC[C@H]2[C@@H]1c1ccc(F)cc1)c1cc(C(F)(F)F)cc(C(F)(F)F)c1. The second kappa shape index (κ2) is 9.47. The van der Waals surface area contributed by atoms with Crippen LogP contribution in [0.3, 0.4) is 0 Å². The molecule has 10 heteroatoms. The minimum Gasteiger partial charge on any atom is -0.393 e. The summed E-state index contributed by atoms with van der Waals surface area (Å²) in [5.74, 6) is -0.241. The van der Waals surface area contributed by atoms with Gasteiger partial charge in [-0.05, 0) is 79.2 Å². The number of alkyl halides is 6. The van der Waals surface area contributed by atoms with Crippen LogP contribution in [-0.2, 0) is 17.1 Å². The fourth-order valence-electron chi connectivity index (χ4n) is 5.23. The van der Waals surface area contributed by atoms with Gasteiger partial charge >= 0.3 is 12.4 Å². The number of ether oxygens (including phenoxy) is 1. The number of hydrogen-bond acceptors (Lipinski definition) is 3. The minimum atomic E-state index is -5.00. The Morgan fingerprint density at radius 2 is 1.53 bits per heavy atom. The van der Waals surface area contributed by atoms with Gasteiger partial charge in [0.05, 0.1) is 23.8 Å². The number of nitrogens with one attached hydrogen (secondary N) is 1. The number of fused-ring (bicyclic) bond motifs is 1. The van der Waals surface area contributed by atoms with Crippen LogP contribution in [0.25, 0.3) is 0 Å². The van der Waals surface area contributed by atoms with Gasteiger partial charge < -0.3 is 15.2 Å². The van der Waals surface area contributed by atoms with Gasteiger partial charge in [-0.25, -0.2) is 4.39 Å². The molecule has 1 saturated heterocycles. The maximum absolute atomic E-state index is 13.5. The Bertz CT molecular complexity index is 958. The molecule has 2 aromatic carbocycles. The van der Waals surface area contributed by atoms with Gasteiger partial charge in [0.1, 0.15) is 11.9 Å². The quantitative estimate of drug-likeness (QED) is 0.528. The van der Waals surface area contributed by atoms with Gasteiger partial charge in [0, 0.05) is 5.92 Å². The predicted molar refractivity (Wildman–Crippen MR) is 109 cm³/mol. The first-order valence-corrected chi connectivity index (χ1v) is 11.0. The van der Waals surface area contributed by atoms with E-state index in [9.17, 15) is 35.8 Å². The van der Waals surface area contributed by atoms with Crippen molar-refractivity contribution in [2.75, 3.05) is 19.7 Å². The third-order valence-electron chi connectivity index (χ3n) is 6.82. The summed E-state index contributed by atoms with van der Waals surface area (Å²) in [5.41, 5.74) is -2.54. The number of benzene rings is 2. The van der Waals surface area contributed by atoms with Crippen LogP contribution in [0.5, 0.6) is 0 Å². The van der Waals surface area contributed by atoms with Crippen molar-refractivity contribution in [2.45, 2.75) is 43.3 Å². The van der Waals surface area contributed by atoms with Gasteiger partial charge in [-0.1, -0.05) is 12.1 Å². The molecule has 2 aromatic rings. The smallest absolute Gasteiger partial charge is 0.393 e. The molecule has 2 fully saturated rings. The highest BCUT2D eigenvalue weighted by atomic mass is 19.4. The van der Waals surface area contributed by atoms with E-state index in [-0.39, 0.29) is 17.9 Å². The molecule has 0 aromatic heterocycles. The zero-order valence-electron chi connectivity index (χ0n) is 18.0. The first-order valence-electron chi connectivity index (χ1n) is 11.0. The van der Waals surface area contributed by atoms with E-state index in [1.807, 2.05) is 0 Å². The molecule has 1 aliphatic heterocycles. The topological polar surface area (TPSA) is 41.5 Å². The van der Waals surface area contributed by atoms with E-state index in [1.54, 1.807) is 12.1 Å². The van der Waals surface area contributed by atoms with Crippen LogP contribution in [-0.4, -0.2) is 30.9 Å². The van der Waals surface area contributed by atoms with E-state index in [0.29, 0.717) is 31.0 Å². The summed E-state index contributed by atoms with van der Waals surface area (Å²) in [6.07, 6.45) is -10.7. The van der Waals surface area contributed by atoms with Crippen molar-refractivity contribution in [2.24, 2.45) is 11.8 Å². The molecule has 0 spiro atoms. The molecule has 2 aliphatic rings. The third kappa shape index (κ3) is 5.23. The summed E-state index contributed by atoms with van der Waals surface area (Å²) in [7, 11) is 0. The van der Waals surface area contributed by atoms with E-state index < -0.39 is 53.7 Å². The average molecular weight is 491 g/mol. The zero-order chi connectivity index (χ0) is 24.7. The molecule has 1 unspecified atom stereocenters. The molecule has 34 heavy (non-hydrogen) atoms. The summed E-state index contributed by atoms with van der Waals surface area (Å²) in [5, 5.41) is 13.2. The molecule has 0 amide bonds. The standard InChI is InChI=1S/C24H24F7NO2/c25-18-4-1-13(2-5-18)22-19-11-32-10-14(19)3-6-20(22)34-21(12-33)15-7-16(23(26,27)28)9-17(8-15)24(29,30)31/h1-2,4-5,7-9,14,19-22,32-33H,3,6,10-12H2/t14?,19-,20+,21+,22+/m1/s1. The lowest BCUT2D eigenvalue weighted by Crippen LogP contribution is -2.38. The fourth-order valence-corrected chi connectivity index (χ4v) is 5.23. The highest BCUT2D eigenvalue weighted by Crippen LogP contribution is 2.46. The largest absolute Gasteiger partial charge is 0.416 e. The van der Waals surface area contributed by atoms with Gasteiger partial charge in [0.25, 0.3) is 0 Å². The first kappa shape index (κ1) is 24.9. The number of hydrogen-bond donors (Lipinski definition) is 2. The van der Waals surface area contributed by atoms with Crippen molar-refractivity contribution in [1.82, 2.24) is 5.32 Å². The van der Waals surface area contributed by atoms with Crippen LogP contribution in [0.15, 0.2) is 42.5 Å². The highest BCUT2D eigenvalue weighted by Gasteiger charge is 2.44. The summed E-state index contributed by atoms with van der Waals surface area (Å²) in [6, 6.07) is 7.09. The maximum Gasteiger partial charge on any atom is 0.416 e. The first-order chi connectivity index (χ1) is 16.0. The molecular weight excluding hydrogens is 467 g/mol. The third-order valence-corrected chi connectivity index (χ3v) is 6.82. The Kier molecular flexibility index (Phi) is 6.94. The summed E-state index contributed by atoms with van der Waals surface area (Å²) in [6.45, 7) is 0.664. The molecule has 5 atom stereocenters. The van der Waals surface area contributed by atoms with E-state index in [1.165, 1.54) is 12.1 Å². The van der Waals surface area contributed by atoms with Crippen LogP contribution in [0, 0.1) is 17.7 Å². The molecular formula is C24H24F7NO2. The van der Waals surface area contributed by atoms with Gasteiger partial charge in [-0.15, -0.1) is 0 Å². The normalized spacial score (nSPS) is 26.4. The van der Waals surface area contributed by atoms with Gasteiger partial charge in [-0.2, -0.15) is 26.3 Å². The van der Waals surface area contributed by atoms with Crippen molar-refractivity contribution in [1.29, 1.82) is 0 Å². The van der Waals surface area contributed by atoms with Gasteiger partial charge in [0.2, 0.25) is 0 Å². The Morgan fingerprint density at radius 3 is 2.09 bits per heavy atom. The average Bonchev–Trinajstić information content (AvgIpc) is 3.25. The van der Waals surface area contributed by atoms with Crippen LogP contribution in [0.4, 0.5) is 30.7 Å². The molecule has 4 rings (SSSR count). The van der Waals surface area contributed by atoms with Crippen LogP contribution >= 0.6 is 0 Å². The maximum atomic E-state index is 13.5. The van der Waals surface area contributed by atoms with Gasteiger partial charge in [0.15, 0.2) is 0 Å². The fraction of sp³-hybridized carbons (Fsp3) is 0.500. The van der Waals surface area contributed by atoms with Crippen molar-refractivity contribution in [3.63, 3.8) is 0 Å². The lowest BCUT2D eigenvalue weighted by molar-refractivity contribution is -0.143. The molecule has 0 bridgehead atoms. The van der Waals surface area contributed by atoms with Crippen LogP contribution < -0.4 is 5.32 Å². The van der Waals surface area contributed by atoms with Crippen molar-refractivity contribution < 1.29 is 40.6 Å². The van der Waals surface area contributed by atoms with Crippen molar-refractivity contribution >= 4 is 0 Å². The molecule has 3 nitrogen and oxygen atoms in total. The number of aliphatic hydroxyl groups is 1. The van der Waals surface area contributed by atoms with E-state index >= 15 is 0 Å².